The van der Waals surface area contributed by atoms with Gasteiger partial charge in [0.1, 0.15) is 18.0 Å². The number of halogens is 1. The second-order valence-electron chi connectivity index (χ2n) is 12.0. The average Bonchev–Trinajstić information content (AvgIpc) is 3.10. The van der Waals surface area contributed by atoms with Gasteiger partial charge in [0.05, 0.1) is 11.1 Å². The smallest absolute Gasteiger partial charge is 0.253 e. The van der Waals surface area contributed by atoms with Crippen LogP contribution in [0.25, 0.3) is 10.8 Å². The topological polar surface area (TPSA) is 79.9 Å². The van der Waals surface area contributed by atoms with Crippen molar-refractivity contribution >= 4 is 28.1 Å². The van der Waals surface area contributed by atoms with Crippen molar-refractivity contribution in [3.8, 4) is 12.1 Å². The normalized spacial score (nSPS) is 10.4. The number of carbonyl (C=O) groups is 1. The second kappa shape index (κ2) is 20.4. The minimum atomic E-state index is -0.447. The van der Waals surface area contributed by atoms with Crippen molar-refractivity contribution in [3.05, 3.63) is 107 Å². The van der Waals surface area contributed by atoms with Crippen molar-refractivity contribution in [2.75, 3.05) is 18.4 Å². The van der Waals surface area contributed by atoms with Crippen LogP contribution in [0.4, 0.5) is 15.8 Å². The van der Waals surface area contributed by atoms with E-state index < -0.39 is 5.82 Å². The predicted molar refractivity (Wildman–Crippen MR) is 192 cm³/mol. The highest BCUT2D eigenvalue weighted by Crippen LogP contribution is 2.30. The fourth-order valence-electron chi connectivity index (χ4n) is 5.50. The zero-order valence-corrected chi connectivity index (χ0v) is 28.3. The molecular formula is C41H49FN4O. The summed E-state index contributed by atoms with van der Waals surface area (Å²) < 4.78 is 14.3. The number of anilines is 2. The molecule has 246 valence electrons. The van der Waals surface area contributed by atoms with E-state index >= 15 is 0 Å². The third kappa shape index (κ3) is 11.9. The fraction of sp³-hybridized carbons (Fsp3) is 0.390. The number of carbonyl (C=O) groups excluding carboxylic acids is 1. The number of nitrogens with one attached hydrogen (secondary N) is 1. The minimum absolute atomic E-state index is 0.0402. The lowest BCUT2D eigenvalue weighted by Gasteiger charge is -2.23. The summed E-state index contributed by atoms with van der Waals surface area (Å²) in [5, 5.41) is 23.1. The lowest BCUT2D eigenvalue weighted by molar-refractivity contribution is 0.0749. The van der Waals surface area contributed by atoms with Gasteiger partial charge >= 0.3 is 0 Å². The summed E-state index contributed by atoms with van der Waals surface area (Å²) in [5.74, 6) is -0.407. The molecule has 0 aromatic heterocycles. The summed E-state index contributed by atoms with van der Waals surface area (Å²) in [5.41, 5.74) is 3.73. The first kappa shape index (κ1) is 36.8. The molecule has 0 aliphatic carbocycles. The number of aryl methyl sites for hydroxylation is 1. The molecule has 4 aromatic carbocycles. The van der Waals surface area contributed by atoms with Gasteiger partial charge in [-0.05, 0) is 85.2 Å². The summed E-state index contributed by atoms with van der Waals surface area (Å²) >= 11 is 0. The Kier molecular flexibility index (Phi) is 16.0. The Morgan fingerprint density at radius 3 is 1.89 bits per heavy atom. The van der Waals surface area contributed by atoms with Crippen molar-refractivity contribution in [2.45, 2.75) is 91.4 Å². The number of hydrogen-bond acceptors (Lipinski definition) is 4. The highest BCUT2D eigenvalue weighted by atomic mass is 19.1. The maximum Gasteiger partial charge on any atom is 0.253 e. The van der Waals surface area contributed by atoms with Crippen LogP contribution >= 0.6 is 0 Å². The van der Waals surface area contributed by atoms with E-state index in [1.54, 1.807) is 18.2 Å². The van der Waals surface area contributed by atoms with Crippen LogP contribution in [0.15, 0.2) is 78.9 Å². The van der Waals surface area contributed by atoms with Crippen LogP contribution in [0, 0.1) is 28.5 Å². The van der Waals surface area contributed by atoms with Crippen LogP contribution in [0.3, 0.4) is 0 Å². The molecule has 4 aromatic rings. The van der Waals surface area contributed by atoms with Crippen molar-refractivity contribution in [1.82, 2.24) is 4.90 Å². The van der Waals surface area contributed by atoms with Crippen molar-refractivity contribution < 1.29 is 9.18 Å². The molecule has 0 saturated carbocycles. The number of hydrogen-bond donors (Lipinski definition) is 1. The van der Waals surface area contributed by atoms with E-state index in [2.05, 4.69) is 56.4 Å². The Labute approximate surface area is 281 Å². The van der Waals surface area contributed by atoms with Gasteiger partial charge in [-0.1, -0.05) is 96.0 Å². The third-order valence-corrected chi connectivity index (χ3v) is 8.22. The first-order chi connectivity index (χ1) is 22.9. The van der Waals surface area contributed by atoms with E-state index in [1.807, 2.05) is 29.2 Å². The van der Waals surface area contributed by atoms with E-state index in [0.29, 0.717) is 27.7 Å². The molecule has 0 aliphatic rings. The van der Waals surface area contributed by atoms with Crippen LogP contribution in [0.2, 0.25) is 0 Å². The molecule has 5 nitrogen and oxygen atoms in total. The number of rotatable bonds is 16. The van der Waals surface area contributed by atoms with Crippen LogP contribution in [-0.2, 0) is 6.42 Å². The lowest BCUT2D eigenvalue weighted by Crippen LogP contribution is -2.33. The maximum atomic E-state index is 14.3. The minimum Gasteiger partial charge on any atom is -0.355 e. The molecule has 0 radical (unpaired) electrons. The standard InChI is InChI=1S/C31H35FN4O.C10H14/c1-3-5-7-9-15-36(16-10-8-6-4-2)31(37)23-11-13-28(14-12-23)35-30-20-27(32)18-24-17-25(21-33)26(22-34)19-29(24)30;1-2-3-7-10-8-5-4-6-9-10/h11-14,17-20,35H,3-10,15-16H2,1-2H3;4-6,8-9H,2-3,7H2,1H3. The molecular weight excluding hydrogens is 583 g/mol. The summed E-state index contributed by atoms with van der Waals surface area (Å²) in [6, 6.07) is 27.7. The molecule has 0 aliphatic heterocycles. The molecule has 0 heterocycles. The molecule has 1 N–H and O–H groups in total. The molecule has 47 heavy (non-hydrogen) atoms. The third-order valence-electron chi connectivity index (χ3n) is 8.22. The molecule has 0 bridgehead atoms. The quantitative estimate of drug-likeness (QED) is 0.125. The Morgan fingerprint density at radius 1 is 0.723 bits per heavy atom. The van der Waals surface area contributed by atoms with Crippen molar-refractivity contribution in [2.24, 2.45) is 0 Å². The van der Waals surface area contributed by atoms with Gasteiger partial charge in [-0.15, -0.1) is 0 Å². The Morgan fingerprint density at radius 2 is 1.32 bits per heavy atom. The number of amides is 1. The maximum absolute atomic E-state index is 14.3. The monoisotopic (exact) mass is 632 g/mol. The van der Waals surface area contributed by atoms with Gasteiger partial charge in [0.15, 0.2) is 0 Å². The number of fused-ring (bicyclic) bond motifs is 1. The summed E-state index contributed by atoms with van der Waals surface area (Å²) in [4.78, 5) is 15.3. The van der Waals surface area contributed by atoms with Crippen LogP contribution in [-0.4, -0.2) is 23.9 Å². The summed E-state index contributed by atoms with van der Waals surface area (Å²) in [6.07, 6.45) is 12.8. The molecule has 1 amide bonds. The fourth-order valence-corrected chi connectivity index (χ4v) is 5.50. The van der Waals surface area contributed by atoms with Crippen LogP contribution < -0.4 is 5.32 Å². The Hall–Kier alpha value is -4.68. The van der Waals surface area contributed by atoms with Gasteiger partial charge in [-0.2, -0.15) is 10.5 Å². The number of nitrogens with zero attached hydrogens (tertiary/aromatic N) is 3. The Balaban J connectivity index is 0.000000511. The highest BCUT2D eigenvalue weighted by molar-refractivity contribution is 5.98. The molecule has 0 fully saturated rings. The number of unbranched alkanes of at least 4 members (excludes halogenated alkanes) is 7. The lowest BCUT2D eigenvalue weighted by atomic mass is 10.0. The van der Waals surface area contributed by atoms with Crippen molar-refractivity contribution in [1.29, 1.82) is 10.5 Å². The van der Waals surface area contributed by atoms with Gasteiger partial charge in [0.25, 0.3) is 5.91 Å². The van der Waals surface area contributed by atoms with Crippen molar-refractivity contribution in [3.63, 3.8) is 0 Å². The SMILES string of the molecule is CCCCCCN(CCCCCC)C(=O)c1ccc(Nc2cc(F)cc3cc(C#N)c(C#N)cc23)cc1.CCCCc1ccccc1. The number of benzene rings is 4. The van der Waals surface area contributed by atoms with E-state index in [-0.39, 0.29) is 17.0 Å². The summed E-state index contributed by atoms with van der Waals surface area (Å²) in [7, 11) is 0. The second-order valence-corrected chi connectivity index (χ2v) is 12.0. The van der Waals surface area contributed by atoms with Gasteiger partial charge < -0.3 is 10.2 Å². The van der Waals surface area contributed by atoms with Gasteiger partial charge in [0.2, 0.25) is 0 Å². The zero-order valence-electron chi connectivity index (χ0n) is 28.3. The molecule has 4 rings (SSSR count). The molecule has 0 spiro atoms. The van der Waals surface area contributed by atoms with Gasteiger partial charge in [-0.25, -0.2) is 4.39 Å². The van der Waals surface area contributed by atoms with E-state index in [0.717, 1.165) is 51.6 Å². The predicted octanol–water partition coefficient (Wildman–Crippen LogP) is 11.1. The highest BCUT2D eigenvalue weighted by Gasteiger charge is 2.16. The van der Waals surface area contributed by atoms with Crippen LogP contribution in [0.1, 0.15) is 112 Å². The molecule has 6 heteroatoms. The van der Waals surface area contributed by atoms with E-state index in [9.17, 15) is 19.7 Å². The van der Waals surface area contributed by atoms with Gasteiger partial charge in [-0.3, -0.25) is 4.79 Å². The molecule has 0 saturated heterocycles. The van der Waals surface area contributed by atoms with E-state index in [4.69, 9.17) is 0 Å². The zero-order chi connectivity index (χ0) is 33.9. The Bertz CT molecular complexity index is 1610. The number of nitriles is 2. The van der Waals surface area contributed by atoms with E-state index in [1.165, 1.54) is 55.9 Å². The summed E-state index contributed by atoms with van der Waals surface area (Å²) in [6.45, 7) is 8.13. The molecule has 0 unspecified atom stereocenters. The first-order valence-corrected chi connectivity index (χ1v) is 17.2. The largest absolute Gasteiger partial charge is 0.355 e. The molecule has 0 atom stereocenters. The van der Waals surface area contributed by atoms with Gasteiger partial charge in [0, 0.05) is 35.4 Å². The average molecular weight is 633 g/mol. The first-order valence-electron chi connectivity index (χ1n) is 17.2. The van der Waals surface area contributed by atoms with Crippen LogP contribution in [0.5, 0.6) is 0 Å².